The van der Waals surface area contributed by atoms with Crippen LogP contribution in [0.25, 0.3) is 11.2 Å². The van der Waals surface area contributed by atoms with Gasteiger partial charge in [0.15, 0.2) is 0 Å². The van der Waals surface area contributed by atoms with Gasteiger partial charge in [0.2, 0.25) is 18.5 Å². The third kappa shape index (κ3) is 2.87. The Hall–Kier alpha value is -2.79. The van der Waals surface area contributed by atoms with E-state index in [0.717, 1.165) is 5.56 Å². The summed E-state index contributed by atoms with van der Waals surface area (Å²) in [6.45, 7) is 1.47. The van der Waals surface area contributed by atoms with Crippen molar-refractivity contribution in [1.82, 2.24) is 14.5 Å². The van der Waals surface area contributed by atoms with Crippen LogP contribution in [0.5, 0.6) is 0 Å². The topological polar surface area (TPSA) is 150 Å². The van der Waals surface area contributed by atoms with E-state index in [0.29, 0.717) is 0 Å². The van der Waals surface area contributed by atoms with E-state index in [1.54, 1.807) is 10.9 Å². The van der Waals surface area contributed by atoms with Crippen LogP contribution in [0.2, 0.25) is 0 Å². The Morgan fingerprint density at radius 1 is 1.32 bits per heavy atom. The number of hydrogen-bond acceptors (Lipinski definition) is 7. The molecule has 1 aliphatic rings. The Bertz CT molecular complexity index is 1050. The van der Waals surface area contributed by atoms with E-state index in [2.05, 4.69) is 9.97 Å². The average Bonchev–Trinajstić information content (AvgIpc) is 3.20. The summed E-state index contributed by atoms with van der Waals surface area (Å²) in [4.78, 5) is 19.4. The Morgan fingerprint density at radius 3 is 2.68 bits per heavy atom. The molecule has 4 rings (SSSR count). The summed E-state index contributed by atoms with van der Waals surface area (Å²) in [6, 6.07) is 9.35. The highest BCUT2D eigenvalue weighted by atomic mass is 16.6. The lowest BCUT2D eigenvalue weighted by atomic mass is 10.1. The molecule has 5 atom stereocenters. The Morgan fingerprint density at radius 2 is 2.04 bits per heavy atom. The summed E-state index contributed by atoms with van der Waals surface area (Å²) in [5.41, 5.74) is 6.71. The third-order valence-electron chi connectivity index (χ3n) is 5.14. The van der Waals surface area contributed by atoms with Crippen molar-refractivity contribution in [3.05, 3.63) is 52.6 Å². The van der Waals surface area contributed by atoms with E-state index in [9.17, 15) is 20.1 Å². The molecule has 3 heterocycles. The van der Waals surface area contributed by atoms with Gasteiger partial charge in [-0.05, 0) is 12.5 Å². The van der Waals surface area contributed by atoms with Crippen LogP contribution in [-0.4, -0.2) is 54.8 Å². The quantitative estimate of drug-likeness (QED) is 0.353. The second kappa shape index (κ2) is 6.99. The number of nitrogens with zero attached hydrogens (tertiary/aromatic N) is 3. The van der Waals surface area contributed by atoms with Crippen LogP contribution < -0.4 is 15.9 Å². The maximum absolute atomic E-state index is 12.6. The molecule has 1 fully saturated rings. The second-order valence-electron chi connectivity index (χ2n) is 6.87. The number of benzene rings is 1. The number of aliphatic hydroxyl groups excluding tert-OH is 3. The number of fused-ring (bicyclic) bond motifs is 1. The highest BCUT2D eigenvalue weighted by Crippen LogP contribution is 2.31. The zero-order valence-electron chi connectivity index (χ0n) is 15.1. The molecule has 28 heavy (non-hydrogen) atoms. The Kier molecular flexibility index (Phi) is 4.63. The first-order valence-electron chi connectivity index (χ1n) is 8.91. The van der Waals surface area contributed by atoms with Crippen LogP contribution in [0.4, 0.5) is 5.95 Å². The van der Waals surface area contributed by atoms with Crippen LogP contribution in [0.1, 0.15) is 24.8 Å². The van der Waals surface area contributed by atoms with Crippen molar-refractivity contribution in [2.75, 3.05) is 12.3 Å². The van der Waals surface area contributed by atoms with Gasteiger partial charge in [0, 0.05) is 0 Å². The first-order valence-corrected chi connectivity index (χ1v) is 8.91. The molecule has 0 saturated carbocycles. The van der Waals surface area contributed by atoms with Gasteiger partial charge in [0.25, 0.3) is 11.2 Å². The van der Waals surface area contributed by atoms with E-state index in [4.69, 9.17) is 10.5 Å². The van der Waals surface area contributed by atoms with E-state index < -0.39 is 36.7 Å². The zero-order valence-corrected chi connectivity index (χ0v) is 15.1. The fourth-order valence-corrected chi connectivity index (χ4v) is 3.61. The van der Waals surface area contributed by atoms with Crippen molar-refractivity contribution in [3.63, 3.8) is 0 Å². The van der Waals surface area contributed by atoms with Crippen molar-refractivity contribution in [3.8, 4) is 0 Å². The van der Waals surface area contributed by atoms with Crippen LogP contribution in [-0.2, 0) is 4.74 Å². The maximum Gasteiger partial charge on any atom is 0.304 e. The standard InChI is InChI=1S/C18H21N5O5/c1-9(10-5-3-2-4-6-10)22-8-23(15-12(22)16(27)21-18(19)20-15)17-14(26)13(25)11(7-24)28-17/h2-6,8-9,11,13-14,17,24-26H,7H2,1H3,(H2-,19,20,21,27)/p+1/t9?,11-,13-,14-,17-/m1/s1. The lowest BCUT2D eigenvalue weighted by Gasteiger charge is -2.11. The normalized spacial score (nSPS) is 26.0. The number of rotatable bonds is 4. The first kappa shape index (κ1) is 18.6. The minimum atomic E-state index is -1.31. The lowest BCUT2D eigenvalue weighted by Crippen LogP contribution is -2.40. The molecule has 0 spiro atoms. The van der Waals surface area contributed by atoms with Crippen molar-refractivity contribution in [2.45, 2.75) is 37.5 Å². The molecule has 1 aromatic carbocycles. The minimum Gasteiger partial charge on any atom is -0.394 e. The molecule has 2 aromatic heterocycles. The number of aromatic amines is 1. The summed E-state index contributed by atoms with van der Waals surface area (Å²) in [5.74, 6) is -0.0805. The van der Waals surface area contributed by atoms with Crippen molar-refractivity contribution in [1.29, 1.82) is 0 Å². The molecule has 6 N–H and O–H groups in total. The van der Waals surface area contributed by atoms with Crippen molar-refractivity contribution in [2.24, 2.45) is 0 Å². The van der Waals surface area contributed by atoms with Gasteiger partial charge >= 0.3 is 5.56 Å². The monoisotopic (exact) mass is 388 g/mol. The summed E-state index contributed by atoms with van der Waals surface area (Å²) < 4.78 is 8.79. The number of anilines is 1. The van der Waals surface area contributed by atoms with Crippen molar-refractivity contribution >= 4 is 17.1 Å². The summed E-state index contributed by atoms with van der Waals surface area (Å²) in [6.07, 6.45) is -2.96. The van der Waals surface area contributed by atoms with Gasteiger partial charge in [-0.1, -0.05) is 30.3 Å². The molecule has 0 amide bonds. The van der Waals surface area contributed by atoms with E-state index >= 15 is 0 Å². The zero-order chi connectivity index (χ0) is 20.0. The van der Waals surface area contributed by atoms with Gasteiger partial charge in [-0.15, -0.1) is 0 Å². The highest BCUT2D eigenvalue weighted by Gasteiger charge is 2.47. The minimum absolute atomic E-state index is 0.0805. The number of nitrogens with two attached hydrogens (primary N) is 1. The molecule has 10 heteroatoms. The number of nitrogen functional groups attached to an aromatic ring is 1. The Balaban J connectivity index is 1.90. The number of aliphatic hydroxyl groups is 3. The fourth-order valence-electron chi connectivity index (χ4n) is 3.61. The molecule has 10 nitrogen and oxygen atoms in total. The smallest absolute Gasteiger partial charge is 0.304 e. The fraction of sp³-hybridized carbons (Fsp3) is 0.389. The summed E-state index contributed by atoms with van der Waals surface area (Å²) >= 11 is 0. The molecule has 0 bridgehead atoms. The number of hydrogen-bond donors (Lipinski definition) is 5. The molecule has 1 aliphatic heterocycles. The van der Waals surface area contributed by atoms with Gasteiger partial charge in [-0.3, -0.25) is 9.78 Å². The molecule has 148 valence electrons. The lowest BCUT2D eigenvalue weighted by molar-refractivity contribution is -0.687. The number of aromatic nitrogens is 4. The van der Waals surface area contributed by atoms with Gasteiger partial charge in [0.1, 0.15) is 24.4 Å². The number of ether oxygens (including phenoxy) is 1. The second-order valence-corrected chi connectivity index (χ2v) is 6.87. The molecule has 3 aromatic rings. The number of H-pyrrole nitrogens is 1. The van der Waals surface area contributed by atoms with Crippen molar-refractivity contribution < 1.29 is 24.6 Å². The molecular formula is C18H22N5O5+. The number of nitrogens with one attached hydrogen (secondary N) is 1. The Labute approximate surface area is 159 Å². The van der Waals surface area contributed by atoms with E-state index in [1.165, 1.54) is 4.57 Å². The van der Waals surface area contributed by atoms with Crippen LogP contribution in [0, 0.1) is 0 Å². The third-order valence-corrected chi connectivity index (χ3v) is 5.14. The average molecular weight is 388 g/mol. The van der Waals surface area contributed by atoms with Gasteiger partial charge < -0.3 is 25.8 Å². The highest BCUT2D eigenvalue weighted by molar-refractivity contribution is 5.67. The molecular weight excluding hydrogens is 366 g/mol. The van der Waals surface area contributed by atoms with Gasteiger partial charge in [-0.25, -0.2) is 4.57 Å². The SMILES string of the molecule is CC(c1ccccc1)[n+]1cn([C@@H]2O[C@H](CO)[C@@H](O)[C@H]2O)c2nc(N)[nH]c(=O)c21. The summed E-state index contributed by atoms with van der Waals surface area (Å²) in [7, 11) is 0. The van der Waals surface area contributed by atoms with E-state index in [-0.39, 0.29) is 23.2 Å². The van der Waals surface area contributed by atoms with Gasteiger partial charge in [-0.2, -0.15) is 9.55 Å². The largest absolute Gasteiger partial charge is 0.394 e. The van der Waals surface area contributed by atoms with Crippen LogP contribution in [0.3, 0.4) is 0 Å². The number of imidazole rings is 1. The van der Waals surface area contributed by atoms with Crippen LogP contribution in [0.15, 0.2) is 41.5 Å². The molecule has 1 saturated heterocycles. The van der Waals surface area contributed by atoms with Crippen LogP contribution >= 0.6 is 0 Å². The maximum atomic E-state index is 12.6. The first-order chi connectivity index (χ1) is 13.4. The molecule has 0 aliphatic carbocycles. The molecule has 0 radical (unpaired) electrons. The predicted octanol–water partition coefficient (Wildman–Crippen LogP) is -1.18. The summed E-state index contributed by atoms with van der Waals surface area (Å²) in [5, 5.41) is 29.9. The van der Waals surface area contributed by atoms with E-state index in [1.807, 2.05) is 37.3 Å². The predicted molar refractivity (Wildman–Crippen MR) is 98.2 cm³/mol. The molecule has 1 unspecified atom stereocenters. The van der Waals surface area contributed by atoms with Gasteiger partial charge in [0.05, 0.1) is 6.61 Å².